The lowest BCUT2D eigenvalue weighted by atomic mass is 10.1. The Labute approximate surface area is 755 Å². The number of aliphatic hydroxyl groups is 10. The van der Waals surface area contributed by atoms with Crippen molar-refractivity contribution >= 4 is 96.3 Å². The predicted octanol–water partition coefficient (Wildman–Crippen LogP) is 2.26. The molecule has 720 valence electrons. The van der Waals surface area contributed by atoms with Crippen molar-refractivity contribution in [3.63, 3.8) is 0 Å². The van der Waals surface area contributed by atoms with Crippen molar-refractivity contribution in [2.24, 2.45) is 0 Å². The highest BCUT2D eigenvalue weighted by molar-refractivity contribution is 7.73. The van der Waals surface area contributed by atoms with Crippen LogP contribution in [0.15, 0.2) is 90.4 Å². The van der Waals surface area contributed by atoms with E-state index in [0.717, 1.165) is 91.8 Å². The van der Waals surface area contributed by atoms with Crippen molar-refractivity contribution in [3.05, 3.63) is 156 Å². The normalized spacial score (nSPS) is 27.3. The van der Waals surface area contributed by atoms with Crippen LogP contribution in [-0.4, -0.2) is 353 Å². The fraction of sp³-hybridized carbons (Fsp3) is 0.667. The Morgan fingerprint density at radius 1 is 0.378 bits per heavy atom. The van der Waals surface area contributed by atoms with Crippen molar-refractivity contribution < 1.29 is 79.5 Å². The lowest BCUT2D eigenvalue weighted by Crippen LogP contribution is -2.47. The number of aromatic amines is 4. The average molecular weight is 1920 g/mol. The third kappa shape index (κ3) is 33.1. The zero-order valence-electron chi connectivity index (χ0n) is 76.2. The minimum Gasteiger partial charge on any atom is -0.388 e. The van der Waals surface area contributed by atoms with Crippen molar-refractivity contribution in [1.82, 2.24) is 69.7 Å². The smallest absolute Gasteiger partial charge is 0.330 e. The van der Waals surface area contributed by atoms with Gasteiger partial charge in [0.1, 0.15) is 66.9 Å². The number of ether oxygens (including phenoxy) is 5. The van der Waals surface area contributed by atoms with Crippen LogP contribution in [0.4, 0.5) is 0 Å². The lowest BCUT2D eigenvalue weighted by Gasteiger charge is -2.34. The fourth-order valence-corrected chi connectivity index (χ4v) is 19.5. The molecule has 6 aliphatic heterocycles. The quantitative estimate of drug-likeness (QED) is 0.0175. The number of rotatable bonds is 37. The summed E-state index contributed by atoms with van der Waals surface area (Å²) in [5.41, 5.74) is -0.704. The van der Waals surface area contributed by atoms with Crippen LogP contribution in [0.3, 0.4) is 0 Å². The summed E-state index contributed by atoms with van der Waals surface area (Å²) in [5.74, 6) is -0.0167. The van der Waals surface area contributed by atoms with Gasteiger partial charge in [0.2, 0.25) is 0 Å². The monoisotopic (exact) mass is 1920 g/mol. The van der Waals surface area contributed by atoms with Crippen LogP contribution in [-0.2, 0) is 54.7 Å². The van der Waals surface area contributed by atoms with Crippen molar-refractivity contribution in [1.29, 1.82) is 0 Å². The van der Waals surface area contributed by atoms with Crippen molar-refractivity contribution in [2.75, 3.05) is 124 Å². The van der Waals surface area contributed by atoms with Crippen LogP contribution in [0.1, 0.15) is 133 Å². The molecule has 5 saturated heterocycles. The summed E-state index contributed by atoms with van der Waals surface area (Å²) in [4.78, 5) is 95.5. The molecule has 0 spiro atoms. The molecule has 5 fully saturated rings. The van der Waals surface area contributed by atoms with E-state index in [4.69, 9.17) is 48.1 Å². The second-order valence-corrected chi connectivity index (χ2v) is 58.9. The van der Waals surface area contributed by atoms with Gasteiger partial charge < -0.3 is 106 Å². The van der Waals surface area contributed by atoms with E-state index in [9.17, 15) is 84.6 Å². The molecule has 4 aromatic heterocycles. The number of carbonyl (C=O) groups is 1. The van der Waals surface area contributed by atoms with Gasteiger partial charge in [0.15, 0.2) is 40.7 Å². The van der Waals surface area contributed by atoms with Gasteiger partial charge in [-0.1, -0.05) is 46.9 Å². The highest BCUT2D eigenvalue weighted by Crippen LogP contribution is 2.44. The first kappa shape index (κ1) is 111. The van der Waals surface area contributed by atoms with Gasteiger partial charge in [0.25, 0.3) is 28.1 Å². The largest absolute Gasteiger partial charge is 0.388 e. The fourth-order valence-electron chi connectivity index (χ4n) is 14.3. The molecular weight excluding hydrogens is 1780 g/mol. The van der Waals surface area contributed by atoms with E-state index in [1.807, 2.05) is 27.7 Å². The maximum absolute atomic E-state index is 12.2. The summed E-state index contributed by atoms with van der Waals surface area (Å²) < 4.78 is 34.9. The number of hydrogen-bond donors (Lipinski definition) is 19. The number of aliphatic hydroxyl groups excluding tert-OH is 10. The molecule has 0 radical (unpaired) electrons. The van der Waals surface area contributed by atoms with E-state index in [1.165, 1.54) is 38.7 Å². The second kappa shape index (κ2) is 49.7. The summed E-state index contributed by atoms with van der Waals surface area (Å²) in [7, 11) is 0. The van der Waals surface area contributed by atoms with Crippen LogP contribution in [0, 0.1) is 9.54 Å². The van der Waals surface area contributed by atoms with Gasteiger partial charge in [-0.25, -0.2) is 9.59 Å². The lowest BCUT2D eigenvalue weighted by molar-refractivity contribution is -0.119. The van der Waals surface area contributed by atoms with Crippen LogP contribution >= 0.6 is 58.9 Å². The first-order chi connectivity index (χ1) is 59.2. The van der Waals surface area contributed by atoms with E-state index in [0.29, 0.717) is 91.9 Å². The van der Waals surface area contributed by atoms with Gasteiger partial charge in [-0.2, -0.15) is 0 Å². The third-order valence-corrected chi connectivity index (χ3v) is 29.6. The number of nitrogens with one attached hydrogen (secondary N) is 9. The number of amides is 1. The van der Waals surface area contributed by atoms with Crippen LogP contribution in [0.2, 0.25) is 0 Å². The molecule has 36 nitrogen and oxygen atoms in total. The first-order valence-corrected chi connectivity index (χ1v) is 59.1. The summed E-state index contributed by atoms with van der Waals surface area (Å²) >= 11 is 10.5. The zero-order chi connectivity index (χ0) is 95.3. The minimum absolute atomic E-state index is 0.163. The Morgan fingerprint density at radius 3 is 0.850 bits per heavy atom. The molecule has 6 aliphatic rings. The zero-order valence-corrected chi connectivity index (χ0v) is 82.3. The van der Waals surface area contributed by atoms with E-state index in [2.05, 4.69) is 158 Å². The molecule has 127 heavy (non-hydrogen) atoms. The van der Waals surface area contributed by atoms with Crippen LogP contribution in [0.25, 0.3) is 0 Å². The molecule has 0 bridgehead atoms. The molecule has 10 rings (SSSR count). The molecule has 4 aromatic rings. The highest BCUT2D eigenvalue weighted by atomic mass is 32.1. The Balaban J connectivity index is 0.000000245. The summed E-state index contributed by atoms with van der Waals surface area (Å²) in [5, 5.41) is 119. The summed E-state index contributed by atoms with van der Waals surface area (Å²) in [6, 6.07) is 0. The molecule has 0 aliphatic carbocycles. The third-order valence-electron chi connectivity index (χ3n) is 21.6. The Morgan fingerprint density at radius 2 is 0.606 bits per heavy atom. The summed E-state index contributed by atoms with van der Waals surface area (Å²) in [6.07, 6.45) is 22.6. The molecule has 19 N–H and O–H groups in total. The molecule has 20 atom stereocenters. The van der Waals surface area contributed by atoms with Gasteiger partial charge in [-0.05, 0) is 206 Å². The van der Waals surface area contributed by atoms with Crippen LogP contribution in [0.5, 0.6) is 0 Å². The van der Waals surface area contributed by atoms with Gasteiger partial charge in [0, 0.05) is 79.4 Å². The van der Waals surface area contributed by atoms with Crippen molar-refractivity contribution in [3.8, 4) is 0 Å². The van der Waals surface area contributed by atoms with E-state index in [1.54, 1.807) is 12.4 Å². The van der Waals surface area contributed by atoms with Gasteiger partial charge in [-0.15, -0.1) is 65.9 Å². The van der Waals surface area contributed by atoms with Crippen LogP contribution < -0.4 is 60.2 Å². The Hall–Kier alpha value is -5.21. The number of nitrogens with zero attached hydrogens (tertiary/aromatic N) is 5. The second-order valence-electron chi connectivity index (χ2n) is 36.6. The van der Waals surface area contributed by atoms with Crippen molar-refractivity contribution in [2.45, 2.75) is 234 Å². The van der Waals surface area contributed by atoms with E-state index < -0.39 is 180 Å². The molecular formula is C84H145N14O22P5S2. The predicted molar refractivity (Wildman–Crippen MR) is 521 cm³/mol. The number of hydrogen-bond acceptors (Lipinski definition) is 29. The van der Waals surface area contributed by atoms with E-state index >= 15 is 0 Å². The Kier molecular flexibility index (Phi) is 43.2. The molecule has 0 unspecified atom stereocenters. The maximum atomic E-state index is 12.2. The molecule has 10 heterocycles. The summed E-state index contributed by atoms with van der Waals surface area (Å²) in [6.45, 7) is 34.7. The van der Waals surface area contributed by atoms with Gasteiger partial charge in [0.05, 0.1) is 36.1 Å². The number of H-pyrrole nitrogens is 4. The average Bonchev–Trinajstić information content (AvgIpc) is 1.69. The molecule has 0 saturated carbocycles. The van der Waals surface area contributed by atoms with Gasteiger partial charge >= 0.3 is 11.4 Å². The standard InChI is InChI=1S/2C17H30N3O5P.2C17H30N3O4PS.C16H25N2O4P/c2*1-5-7-18-9-11-10-20(17(24)19-15(11)23)16-14(22)13(21)12(25-16)6-8-26(2,3)4;2*1-5-7-18-9-11-10-20(17(26)19-15(11)23)16-14(22)13(21)12(24-16)6-8-25(2,3)4;1-6-11-9-18(10(2)17-15(11)21)16-14(20)13(19)12(22-16)7-8-23(3,4)5/h2*10,12-14,16,18,21-22H,2,5-9H2,1,3-4H3,(H,19,23,24);2*10,12-14,16,18,21-22H,2,5-9H2,1,3-4H3,(H,19,23,26);6,9,12-14,16,19-20H,1-3,7-8H2,4-5H3,(H,17,21)/t5*12-,13-,14-,16-/m11111/s1. The number of aromatic nitrogens is 8. The minimum atomic E-state index is -1.29. The molecule has 43 heteroatoms. The Bertz CT molecular complexity index is 4600. The highest BCUT2D eigenvalue weighted by Gasteiger charge is 2.50. The molecule has 1 amide bonds. The SMILES string of the molecule is C=CC1=CN([C@@H]2O[C@H](CCP(=C)(C)C)[C@@H](O)[C@H]2O)C(=C)NC1=O.C=P(C)(C)CC[C@H]1O[C@@H](n2cc(CNCCC)c(=O)[nH]c2=O)[C@H](O)[C@@H]1O.C=P(C)(C)CC[C@H]1O[C@@H](n2cc(CNCCC)c(=O)[nH]c2=O)[C@H](O)[C@@H]1O.C=P(C)(C)CC[C@H]1O[C@@H](n2cc(CNCCC)c(=O)[nH]c2=S)[C@H](O)[C@@H]1O.C=P(C)(C)CC[C@H]1O[C@@H](n2cc(CNCCC)c(=O)[nH]c2=S)[C@H](O)[C@@H]1O. The topological polar surface area (TPSA) is 514 Å². The number of carbonyl (C=O) groups excluding carboxylic acids is 1. The van der Waals surface area contributed by atoms with Gasteiger partial charge in [-0.3, -0.25) is 62.2 Å². The molecule has 0 aromatic carbocycles. The first-order valence-electron chi connectivity index (χ1n) is 43.0. The maximum Gasteiger partial charge on any atom is 0.330 e. The van der Waals surface area contributed by atoms with E-state index in [-0.39, 0.29) is 26.6 Å².